The summed E-state index contributed by atoms with van der Waals surface area (Å²) in [6.45, 7) is 12.6. The van der Waals surface area contributed by atoms with Gasteiger partial charge in [-0.25, -0.2) is 0 Å². The summed E-state index contributed by atoms with van der Waals surface area (Å²) in [5.74, 6) is 0. The van der Waals surface area contributed by atoms with Crippen LogP contribution in [0.5, 0.6) is 0 Å². The minimum atomic E-state index is 0.103. The third-order valence-corrected chi connectivity index (χ3v) is 4.88. The molecule has 2 aliphatic rings. The quantitative estimate of drug-likeness (QED) is 0.731. The third-order valence-electron chi connectivity index (χ3n) is 4.88. The predicted octanol–water partition coefficient (Wildman–Crippen LogP) is 2.08. The summed E-state index contributed by atoms with van der Waals surface area (Å²) in [5, 5.41) is 0. The molecule has 0 saturated carbocycles. The largest absolute Gasteiger partial charge is 0.371 e. The average molecular weight is 297 g/mol. The van der Waals surface area contributed by atoms with Crippen molar-refractivity contribution in [2.24, 2.45) is 5.73 Å². The smallest absolute Gasteiger partial charge is 0.0710 e. The van der Waals surface area contributed by atoms with Crippen LogP contribution in [-0.2, 0) is 4.74 Å². The van der Waals surface area contributed by atoms with Crippen molar-refractivity contribution in [1.29, 1.82) is 0 Å². The van der Waals surface area contributed by atoms with Gasteiger partial charge < -0.3 is 15.4 Å². The second kappa shape index (κ2) is 8.47. The zero-order chi connectivity index (χ0) is 15.1. The average Bonchev–Trinajstić information content (AvgIpc) is 2.64. The van der Waals surface area contributed by atoms with E-state index >= 15 is 0 Å². The highest BCUT2D eigenvalue weighted by molar-refractivity contribution is 4.83. The van der Waals surface area contributed by atoms with Gasteiger partial charge >= 0.3 is 0 Å². The van der Waals surface area contributed by atoms with E-state index in [2.05, 4.69) is 23.6 Å². The molecule has 0 radical (unpaired) electrons. The number of ether oxygens (including phenoxy) is 1. The summed E-state index contributed by atoms with van der Waals surface area (Å²) >= 11 is 0. The second-order valence-electron chi connectivity index (χ2n) is 7.38. The Morgan fingerprint density at radius 3 is 2.52 bits per heavy atom. The first-order valence-corrected chi connectivity index (χ1v) is 8.92. The van der Waals surface area contributed by atoms with E-state index in [0.717, 1.165) is 13.1 Å². The van der Waals surface area contributed by atoms with Gasteiger partial charge in [-0.3, -0.25) is 4.90 Å². The number of nitrogens with two attached hydrogens (primary N) is 1. The highest BCUT2D eigenvalue weighted by Gasteiger charge is 2.32. The van der Waals surface area contributed by atoms with Crippen molar-refractivity contribution in [3.05, 3.63) is 0 Å². The Labute approximate surface area is 131 Å². The van der Waals surface area contributed by atoms with Gasteiger partial charge in [0, 0.05) is 19.6 Å². The molecule has 2 rings (SSSR count). The van der Waals surface area contributed by atoms with Crippen LogP contribution in [0.15, 0.2) is 0 Å². The summed E-state index contributed by atoms with van der Waals surface area (Å²) in [6, 6.07) is 0. The molecular formula is C17H35N3O. The topological polar surface area (TPSA) is 41.7 Å². The van der Waals surface area contributed by atoms with Crippen LogP contribution in [0.2, 0.25) is 0 Å². The second-order valence-corrected chi connectivity index (χ2v) is 7.38. The standard InChI is InChI=1S/C17H35N3O/c1-17(2)8-7-16(21-17)15-20-12-6-11-19(13-14-20)10-5-3-4-9-18/h16H,3-15,18H2,1-2H3. The molecule has 2 saturated heterocycles. The van der Waals surface area contributed by atoms with Gasteiger partial charge in [0.1, 0.15) is 0 Å². The third kappa shape index (κ3) is 6.23. The Balaban J connectivity index is 1.64. The zero-order valence-electron chi connectivity index (χ0n) is 14.1. The molecule has 0 spiro atoms. The van der Waals surface area contributed by atoms with Crippen LogP contribution in [0.25, 0.3) is 0 Å². The van der Waals surface area contributed by atoms with Crippen molar-refractivity contribution in [2.45, 2.75) is 64.1 Å². The van der Waals surface area contributed by atoms with E-state index in [1.165, 1.54) is 71.2 Å². The van der Waals surface area contributed by atoms with E-state index in [0.29, 0.717) is 6.10 Å². The van der Waals surface area contributed by atoms with E-state index in [-0.39, 0.29) is 5.60 Å². The van der Waals surface area contributed by atoms with E-state index in [4.69, 9.17) is 10.5 Å². The van der Waals surface area contributed by atoms with E-state index in [9.17, 15) is 0 Å². The molecule has 4 heteroatoms. The lowest BCUT2D eigenvalue weighted by molar-refractivity contribution is -0.0282. The summed E-state index contributed by atoms with van der Waals surface area (Å²) in [7, 11) is 0. The maximum Gasteiger partial charge on any atom is 0.0710 e. The fourth-order valence-corrected chi connectivity index (χ4v) is 3.58. The van der Waals surface area contributed by atoms with Crippen LogP contribution >= 0.6 is 0 Å². The molecule has 0 aliphatic carbocycles. The van der Waals surface area contributed by atoms with Gasteiger partial charge in [-0.15, -0.1) is 0 Å². The van der Waals surface area contributed by atoms with E-state index in [1.54, 1.807) is 0 Å². The lowest BCUT2D eigenvalue weighted by atomic mass is 10.1. The van der Waals surface area contributed by atoms with Gasteiger partial charge in [-0.1, -0.05) is 6.42 Å². The molecule has 2 N–H and O–H groups in total. The van der Waals surface area contributed by atoms with Gasteiger partial charge in [-0.05, 0) is 72.1 Å². The molecule has 4 nitrogen and oxygen atoms in total. The zero-order valence-corrected chi connectivity index (χ0v) is 14.1. The van der Waals surface area contributed by atoms with Crippen LogP contribution in [0, 0.1) is 0 Å². The van der Waals surface area contributed by atoms with Crippen molar-refractivity contribution >= 4 is 0 Å². The molecule has 21 heavy (non-hydrogen) atoms. The molecule has 1 unspecified atom stereocenters. The minimum Gasteiger partial charge on any atom is -0.371 e. The molecule has 0 aromatic heterocycles. The molecule has 124 valence electrons. The lowest BCUT2D eigenvalue weighted by Gasteiger charge is -2.26. The first-order valence-electron chi connectivity index (χ1n) is 8.92. The maximum absolute atomic E-state index is 6.14. The van der Waals surface area contributed by atoms with E-state index < -0.39 is 0 Å². The molecule has 2 aliphatic heterocycles. The van der Waals surface area contributed by atoms with Crippen LogP contribution in [0.1, 0.15) is 52.4 Å². The fourth-order valence-electron chi connectivity index (χ4n) is 3.58. The van der Waals surface area contributed by atoms with Crippen LogP contribution < -0.4 is 5.73 Å². The van der Waals surface area contributed by atoms with Gasteiger partial charge in [0.25, 0.3) is 0 Å². The van der Waals surface area contributed by atoms with Gasteiger partial charge in [0.15, 0.2) is 0 Å². The molecule has 0 amide bonds. The Bertz CT molecular complexity index is 296. The molecule has 2 heterocycles. The number of unbranched alkanes of at least 4 members (excludes halogenated alkanes) is 2. The Morgan fingerprint density at radius 2 is 1.81 bits per heavy atom. The molecular weight excluding hydrogens is 262 g/mol. The Kier molecular flexibility index (Phi) is 6.93. The first-order chi connectivity index (χ1) is 10.1. The van der Waals surface area contributed by atoms with Crippen LogP contribution in [-0.4, -0.2) is 67.3 Å². The first kappa shape index (κ1) is 17.2. The van der Waals surface area contributed by atoms with Crippen LogP contribution in [0.4, 0.5) is 0 Å². The number of hydrogen-bond acceptors (Lipinski definition) is 4. The van der Waals surface area contributed by atoms with Gasteiger partial charge in [0.05, 0.1) is 11.7 Å². The summed E-state index contributed by atoms with van der Waals surface area (Å²) in [4.78, 5) is 5.25. The highest BCUT2D eigenvalue weighted by atomic mass is 16.5. The van der Waals surface area contributed by atoms with E-state index in [1.807, 2.05) is 0 Å². The summed E-state index contributed by atoms with van der Waals surface area (Å²) in [6.07, 6.45) is 7.95. The summed E-state index contributed by atoms with van der Waals surface area (Å²) in [5.41, 5.74) is 5.66. The monoisotopic (exact) mass is 297 g/mol. The number of nitrogens with zero attached hydrogens (tertiary/aromatic N) is 2. The minimum absolute atomic E-state index is 0.103. The Morgan fingerprint density at radius 1 is 1.05 bits per heavy atom. The van der Waals surface area contributed by atoms with Crippen molar-refractivity contribution in [2.75, 3.05) is 45.8 Å². The van der Waals surface area contributed by atoms with Crippen molar-refractivity contribution < 1.29 is 4.74 Å². The molecule has 0 aromatic carbocycles. The van der Waals surface area contributed by atoms with Gasteiger partial charge in [0.2, 0.25) is 0 Å². The molecule has 1 atom stereocenters. The van der Waals surface area contributed by atoms with Crippen molar-refractivity contribution in [3.8, 4) is 0 Å². The van der Waals surface area contributed by atoms with Crippen molar-refractivity contribution in [1.82, 2.24) is 9.80 Å². The lowest BCUT2D eigenvalue weighted by Crippen LogP contribution is -2.36. The SMILES string of the molecule is CC1(C)CCC(CN2CCCN(CCCCCN)CC2)O1. The van der Waals surface area contributed by atoms with Gasteiger partial charge in [-0.2, -0.15) is 0 Å². The van der Waals surface area contributed by atoms with Crippen molar-refractivity contribution in [3.63, 3.8) is 0 Å². The molecule has 0 bridgehead atoms. The maximum atomic E-state index is 6.14. The van der Waals surface area contributed by atoms with Crippen LogP contribution in [0.3, 0.4) is 0 Å². The normalized spacial score (nSPS) is 27.9. The number of rotatable bonds is 7. The number of hydrogen-bond donors (Lipinski definition) is 1. The molecule has 0 aromatic rings. The Hall–Kier alpha value is -0.160. The fraction of sp³-hybridized carbons (Fsp3) is 1.00. The molecule has 2 fully saturated rings. The summed E-state index contributed by atoms with van der Waals surface area (Å²) < 4.78 is 6.14. The predicted molar refractivity (Wildman–Crippen MR) is 88.6 cm³/mol. The highest BCUT2D eigenvalue weighted by Crippen LogP contribution is 2.29.